The van der Waals surface area contributed by atoms with Crippen LogP contribution in [0.5, 0.6) is 0 Å². The third kappa shape index (κ3) is 2.88. The highest BCUT2D eigenvalue weighted by Crippen LogP contribution is 2.24. The Morgan fingerprint density at radius 1 is 1.41 bits per heavy atom. The highest BCUT2D eigenvalue weighted by Gasteiger charge is 2.27. The maximum Gasteiger partial charge on any atom is 0.254 e. The van der Waals surface area contributed by atoms with Crippen LogP contribution < -0.4 is 0 Å². The summed E-state index contributed by atoms with van der Waals surface area (Å²) >= 11 is 0. The van der Waals surface area contributed by atoms with E-state index in [0.29, 0.717) is 25.5 Å². The summed E-state index contributed by atoms with van der Waals surface area (Å²) in [6, 6.07) is 7.67. The minimum atomic E-state index is -0.579. The lowest BCUT2D eigenvalue weighted by molar-refractivity contribution is -0.0321. The molecule has 2 heterocycles. The van der Waals surface area contributed by atoms with Crippen molar-refractivity contribution in [2.45, 2.75) is 12.7 Å². The molecule has 5 nitrogen and oxygen atoms in total. The number of aliphatic hydroxyl groups excluding tert-OH is 1. The van der Waals surface area contributed by atoms with Crippen molar-refractivity contribution in [2.75, 3.05) is 19.7 Å². The Morgan fingerprint density at radius 3 is 2.95 bits per heavy atom. The number of amides is 1. The molecule has 0 bridgehead atoms. The zero-order valence-electron chi connectivity index (χ0n) is 11.9. The van der Waals surface area contributed by atoms with Crippen molar-refractivity contribution in [1.29, 1.82) is 0 Å². The third-order valence-electron chi connectivity index (χ3n) is 3.68. The van der Waals surface area contributed by atoms with E-state index in [1.165, 1.54) is 12.1 Å². The summed E-state index contributed by atoms with van der Waals surface area (Å²) in [5.41, 5.74) is 0.432. The number of morpholine rings is 1. The van der Waals surface area contributed by atoms with Crippen molar-refractivity contribution in [1.82, 2.24) is 4.90 Å². The van der Waals surface area contributed by atoms with Crippen LogP contribution in [0.25, 0.3) is 0 Å². The van der Waals surface area contributed by atoms with Gasteiger partial charge in [0.2, 0.25) is 0 Å². The molecule has 2 aromatic rings. The number of hydrogen-bond acceptors (Lipinski definition) is 4. The highest BCUT2D eigenvalue weighted by molar-refractivity contribution is 5.94. The molecule has 1 N–H and O–H groups in total. The fourth-order valence-electron chi connectivity index (χ4n) is 2.47. The number of ether oxygens (including phenoxy) is 1. The Morgan fingerprint density at radius 2 is 2.27 bits per heavy atom. The summed E-state index contributed by atoms with van der Waals surface area (Å²) in [7, 11) is 0. The number of furan rings is 1. The number of benzene rings is 1. The predicted molar refractivity (Wildman–Crippen MR) is 75.6 cm³/mol. The number of rotatable bonds is 3. The molecule has 6 heteroatoms. The molecule has 1 fully saturated rings. The normalized spacial score (nSPS) is 18.5. The van der Waals surface area contributed by atoms with E-state index < -0.39 is 12.4 Å². The maximum atomic E-state index is 13.7. The number of hydrogen-bond donors (Lipinski definition) is 1. The van der Waals surface area contributed by atoms with E-state index in [1.807, 2.05) is 0 Å². The van der Waals surface area contributed by atoms with Gasteiger partial charge in [0.25, 0.3) is 5.91 Å². The van der Waals surface area contributed by atoms with Gasteiger partial charge < -0.3 is 19.2 Å². The van der Waals surface area contributed by atoms with Gasteiger partial charge >= 0.3 is 0 Å². The van der Waals surface area contributed by atoms with E-state index in [0.717, 1.165) is 6.07 Å². The summed E-state index contributed by atoms with van der Waals surface area (Å²) < 4.78 is 24.6. The fourth-order valence-corrected chi connectivity index (χ4v) is 2.47. The Kier molecular flexibility index (Phi) is 4.22. The van der Waals surface area contributed by atoms with Crippen LogP contribution in [0.1, 0.15) is 27.8 Å². The van der Waals surface area contributed by atoms with Gasteiger partial charge in [-0.25, -0.2) is 4.39 Å². The van der Waals surface area contributed by atoms with E-state index in [1.54, 1.807) is 23.3 Å². The molecule has 1 aromatic heterocycles. The number of halogens is 1. The van der Waals surface area contributed by atoms with Gasteiger partial charge in [0.15, 0.2) is 0 Å². The standard InChI is InChI=1S/C16H16FNO4/c17-13-8-11(3-4-12(13)10-19)16(20)18-5-7-22-15(9-18)14-2-1-6-21-14/h1-4,6,8,15,19H,5,7,9-10H2/t15-/m1/s1. The van der Waals surface area contributed by atoms with Gasteiger partial charge in [0.1, 0.15) is 17.7 Å². The SMILES string of the molecule is O=C(c1ccc(CO)c(F)c1)N1CCO[C@@H](c2ccco2)C1. The van der Waals surface area contributed by atoms with Crippen LogP contribution in [0.2, 0.25) is 0 Å². The van der Waals surface area contributed by atoms with Crippen LogP contribution in [0, 0.1) is 5.82 Å². The fraction of sp³-hybridized carbons (Fsp3) is 0.312. The summed E-state index contributed by atoms with van der Waals surface area (Å²) in [5.74, 6) is -0.174. The van der Waals surface area contributed by atoms with Crippen LogP contribution in [0.4, 0.5) is 4.39 Å². The van der Waals surface area contributed by atoms with Crippen molar-refractivity contribution in [2.24, 2.45) is 0 Å². The first kappa shape index (κ1) is 14.7. The Balaban J connectivity index is 1.75. The molecule has 1 saturated heterocycles. The van der Waals surface area contributed by atoms with E-state index in [2.05, 4.69) is 0 Å². The van der Waals surface area contributed by atoms with Gasteiger partial charge in [-0.15, -0.1) is 0 Å². The number of carbonyl (C=O) groups is 1. The highest BCUT2D eigenvalue weighted by atomic mass is 19.1. The minimum absolute atomic E-state index is 0.173. The Hall–Kier alpha value is -2.18. The average Bonchev–Trinajstić information content (AvgIpc) is 3.09. The van der Waals surface area contributed by atoms with Crippen molar-refractivity contribution in [3.8, 4) is 0 Å². The molecule has 0 saturated carbocycles. The molecular weight excluding hydrogens is 289 g/mol. The molecule has 1 atom stereocenters. The first-order valence-electron chi connectivity index (χ1n) is 7.02. The predicted octanol–water partition coefficient (Wildman–Crippen LogP) is 2.12. The molecule has 1 amide bonds. The molecular formula is C16H16FNO4. The van der Waals surface area contributed by atoms with Crippen molar-refractivity contribution >= 4 is 5.91 Å². The first-order valence-corrected chi connectivity index (χ1v) is 7.02. The topological polar surface area (TPSA) is 62.9 Å². The largest absolute Gasteiger partial charge is 0.467 e. The van der Waals surface area contributed by atoms with E-state index in [9.17, 15) is 9.18 Å². The molecule has 0 unspecified atom stereocenters. The van der Waals surface area contributed by atoms with Crippen molar-refractivity contribution < 1.29 is 23.4 Å². The van der Waals surface area contributed by atoms with Gasteiger partial charge in [-0.3, -0.25) is 4.79 Å². The Bertz CT molecular complexity index is 656. The number of aliphatic hydroxyl groups is 1. The van der Waals surface area contributed by atoms with Gasteiger partial charge in [-0.1, -0.05) is 6.07 Å². The van der Waals surface area contributed by atoms with Crippen LogP contribution in [-0.2, 0) is 11.3 Å². The van der Waals surface area contributed by atoms with Gasteiger partial charge in [-0.05, 0) is 24.3 Å². The molecule has 1 aromatic carbocycles. The zero-order valence-corrected chi connectivity index (χ0v) is 11.9. The number of nitrogens with zero attached hydrogens (tertiary/aromatic N) is 1. The zero-order chi connectivity index (χ0) is 15.5. The summed E-state index contributed by atoms with van der Waals surface area (Å²) in [6.07, 6.45) is 1.25. The third-order valence-corrected chi connectivity index (χ3v) is 3.68. The first-order chi connectivity index (χ1) is 10.7. The van der Waals surface area contributed by atoms with E-state index in [-0.39, 0.29) is 23.1 Å². The maximum absolute atomic E-state index is 13.7. The van der Waals surface area contributed by atoms with Crippen LogP contribution >= 0.6 is 0 Å². The van der Waals surface area contributed by atoms with Crippen molar-refractivity contribution in [3.63, 3.8) is 0 Å². The van der Waals surface area contributed by atoms with Crippen LogP contribution in [0.15, 0.2) is 41.0 Å². The van der Waals surface area contributed by atoms with Crippen LogP contribution in [-0.4, -0.2) is 35.6 Å². The minimum Gasteiger partial charge on any atom is -0.467 e. The van der Waals surface area contributed by atoms with E-state index >= 15 is 0 Å². The molecule has 22 heavy (non-hydrogen) atoms. The molecule has 0 aliphatic carbocycles. The second kappa shape index (κ2) is 6.29. The van der Waals surface area contributed by atoms with Gasteiger partial charge in [0, 0.05) is 17.7 Å². The number of carbonyl (C=O) groups excluding carboxylic acids is 1. The molecule has 0 spiro atoms. The monoisotopic (exact) mass is 305 g/mol. The quantitative estimate of drug-likeness (QED) is 0.943. The summed E-state index contributed by atoms with van der Waals surface area (Å²) in [6.45, 7) is 0.807. The van der Waals surface area contributed by atoms with E-state index in [4.69, 9.17) is 14.3 Å². The summed E-state index contributed by atoms with van der Waals surface area (Å²) in [5, 5.41) is 8.97. The Labute approximate surface area is 126 Å². The van der Waals surface area contributed by atoms with Gasteiger partial charge in [0.05, 0.1) is 26.0 Å². The second-order valence-corrected chi connectivity index (χ2v) is 5.09. The molecule has 1 aliphatic heterocycles. The lowest BCUT2D eigenvalue weighted by atomic mass is 10.1. The lowest BCUT2D eigenvalue weighted by Gasteiger charge is -2.32. The molecule has 1 aliphatic rings. The van der Waals surface area contributed by atoms with Crippen LogP contribution in [0.3, 0.4) is 0 Å². The molecule has 116 valence electrons. The lowest BCUT2D eigenvalue weighted by Crippen LogP contribution is -2.42. The van der Waals surface area contributed by atoms with Gasteiger partial charge in [-0.2, -0.15) is 0 Å². The smallest absolute Gasteiger partial charge is 0.254 e. The molecule has 0 radical (unpaired) electrons. The molecule has 3 rings (SSSR count). The summed E-state index contributed by atoms with van der Waals surface area (Å²) in [4.78, 5) is 14.1. The average molecular weight is 305 g/mol. The second-order valence-electron chi connectivity index (χ2n) is 5.09. The van der Waals surface area contributed by atoms with Crippen molar-refractivity contribution in [3.05, 3.63) is 59.3 Å².